The molecule has 3 rings (SSSR count). The molecular formula is C23H36B2O6. The summed E-state index contributed by atoms with van der Waals surface area (Å²) in [4.78, 5) is 12.4. The SMILES string of the molecule is CCOC(=O)CC(B1OC(C)(C)C(C)(C)O1)c1cccc(B2OC(C)(C)C(C)(C)O2)c1. The summed E-state index contributed by atoms with van der Waals surface area (Å²) in [7, 11) is -1.05. The molecule has 2 saturated heterocycles. The van der Waals surface area contributed by atoms with E-state index in [9.17, 15) is 4.79 Å². The van der Waals surface area contributed by atoms with E-state index in [0.717, 1.165) is 11.0 Å². The van der Waals surface area contributed by atoms with Gasteiger partial charge in [0.2, 0.25) is 0 Å². The second-order valence-electron chi connectivity index (χ2n) is 10.5. The van der Waals surface area contributed by atoms with Crippen molar-refractivity contribution in [2.24, 2.45) is 0 Å². The van der Waals surface area contributed by atoms with Crippen LogP contribution in [0, 0.1) is 0 Å². The number of rotatable bonds is 6. The van der Waals surface area contributed by atoms with E-state index in [4.69, 9.17) is 23.4 Å². The summed E-state index contributed by atoms with van der Waals surface area (Å²) in [5.41, 5.74) is -0.00442. The third-order valence-corrected chi connectivity index (χ3v) is 7.16. The second kappa shape index (κ2) is 8.22. The number of carbonyl (C=O) groups excluding carboxylic acids is 1. The van der Waals surface area contributed by atoms with Crippen molar-refractivity contribution in [3.63, 3.8) is 0 Å². The minimum atomic E-state index is -0.567. The molecule has 0 amide bonds. The Labute approximate surface area is 187 Å². The lowest BCUT2D eigenvalue weighted by atomic mass is 9.65. The summed E-state index contributed by atoms with van der Waals surface area (Å²) in [6, 6.07) is 7.96. The van der Waals surface area contributed by atoms with Crippen LogP contribution >= 0.6 is 0 Å². The molecule has 31 heavy (non-hydrogen) atoms. The molecule has 0 aromatic heterocycles. The zero-order valence-electron chi connectivity index (χ0n) is 20.4. The molecule has 0 aliphatic carbocycles. The average Bonchev–Trinajstić information content (AvgIpc) is 2.99. The van der Waals surface area contributed by atoms with Gasteiger partial charge in [-0.1, -0.05) is 24.3 Å². The van der Waals surface area contributed by atoms with Crippen LogP contribution in [0.25, 0.3) is 0 Å². The molecule has 0 saturated carbocycles. The number of ether oxygens (including phenoxy) is 1. The van der Waals surface area contributed by atoms with Crippen molar-refractivity contribution < 1.29 is 28.1 Å². The first-order chi connectivity index (χ1) is 14.2. The Hall–Kier alpha value is -1.34. The first-order valence-electron chi connectivity index (χ1n) is 11.2. The van der Waals surface area contributed by atoms with Crippen LogP contribution in [0.5, 0.6) is 0 Å². The minimum Gasteiger partial charge on any atom is -0.466 e. The predicted octanol–water partition coefficient (Wildman–Crippen LogP) is 3.65. The van der Waals surface area contributed by atoms with Crippen molar-refractivity contribution in [2.75, 3.05) is 6.61 Å². The fourth-order valence-electron chi connectivity index (χ4n) is 3.74. The maximum atomic E-state index is 12.4. The highest BCUT2D eigenvalue weighted by Crippen LogP contribution is 2.42. The van der Waals surface area contributed by atoms with E-state index in [1.54, 1.807) is 6.92 Å². The van der Waals surface area contributed by atoms with Crippen LogP contribution in [0.4, 0.5) is 0 Å². The summed E-state index contributed by atoms with van der Waals surface area (Å²) in [6.45, 7) is 18.3. The van der Waals surface area contributed by atoms with Crippen LogP contribution < -0.4 is 5.46 Å². The first-order valence-corrected chi connectivity index (χ1v) is 11.2. The summed E-state index contributed by atoms with van der Waals surface area (Å²) >= 11 is 0. The van der Waals surface area contributed by atoms with Gasteiger partial charge in [0.05, 0.1) is 35.4 Å². The Bertz CT molecular complexity index is 788. The highest BCUT2D eigenvalue weighted by molar-refractivity contribution is 6.62. The predicted molar refractivity (Wildman–Crippen MR) is 122 cm³/mol. The lowest BCUT2D eigenvalue weighted by Gasteiger charge is -2.32. The van der Waals surface area contributed by atoms with Gasteiger partial charge in [0, 0.05) is 5.82 Å². The molecule has 170 valence electrons. The lowest BCUT2D eigenvalue weighted by molar-refractivity contribution is -0.143. The zero-order chi connectivity index (χ0) is 23.2. The highest BCUT2D eigenvalue weighted by atomic mass is 16.7. The molecule has 2 heterocycles. The van der Waals surface area contributed by atoms with Crippen LogP contribution in [-0.4, -0.2) is 49.2 Å². The van der Waals surface area contributed by atoms with Crippen molar-refractivity contribution >= 4 is 25.7 Å². The standard InChI is InChI=1S/C23H36B2O6/c1-10-27-19(26)15-18(25-30-22(6,7)23(8,9)31-25)16-12-11-13-17(14-16)24-28-20(2,3)21(4,5)29-24/h11-14,18H,10,15H2,1-9H3. The van der Waals surface area contributed by atoms with Crippen LogP contribution in [0.1, 0.15) is 80.1 Å². The molecule has 6 nitrogen and oxygen atoms in total. The summed E-state index contributed by atoms with van der Waals surface area (Å²) in [6.07, 6.45) is 0.164. The van der Waals surface area contributed by atoms with Gasteiger partial charge in [-0.25, -0.2) is 0 Å². The number of benzene rings is 1. The van der Waals surface area contributed by atoms with Gasteiger partial charge < -0.3 is 23.4 Å². The monoisotopic (exact) mass is 430 g/mol. The Morgan fingerprint density at radius 1 is 0.903 bits per heavy atom. The van der Waals surface area contributed by atoms with E-state index >= 15 is 0 Å². The Balaban J connectivity index is 1.92. The van der Waals surface area contributed by atoms with Gasteiger partial charge in [-0.2, -0.15) is 0 Å². The topological polar surface area (TPSA) is 63.2 Å². The minimum absolute atomic E-state index is 0.164. The molecule has 1 unspecified atom stereocenters. The van der Waals surface area contributed by atoms with Crippen LogP contribution in [0.15, 0.2) is 24.3 Å². The quantitative estimate of drug-likeness (QED) is 0.507. The van der Waals surface area contributed by atoms with E-state index in [1.165, 1.54) is 0 Å². The van der Waals surface area contributed by atoms with Gasteiger partial charge in [-0.3, -0.25) is 4.79 Å². The lowest BCUT2D eigenvalue weighted by Crippen LogP contribution is -2.41. The molecule has 8 heteroatoms. The zero-order valence-corrected chi connectivity index (χ0v) is 20.4. The van der Waals surface area contributed by atoms with E-state index in [2.05, 4.69) is 0 Å². The van der Waals surface area contributed by atoms with Gasteiger partial charge in [0.15, 0.2) is 0 Å². The number of hydrogen-bond acceptors (Lipinski definition) is 6. The fraction of sp³-hybridized carbons (Fsp3) is 0.696. The van der Waals surface area contributed by atoms with E-state index in [-0.39, 0.29) is 18.2 Å². The molecule has 2 aliphatic heterocycles. The van der Waals surface area contributed by atoms with Crippen molar-refractivity contribution in [1.29, 1.82) is 0 Å². The summed E-state index contributed by atoms with van der Waals surface area (Å²) in [5, 5.41) is 0. The number of carbonyl (C=O) groups is 1. The molecule has 1 atom stereocenters. The van der Waals surface area contributed by atoms with Gasteiger partial charge in [-0.05, 0) is 73.3 Å². The summed E-state index contributed by atoms with van der Waals surface area (Å²) in [5.74, 6) is -0.592. The van der Waals surface area contributed by atoms with Gasteiger partial charge in [0.25, 0.3) is 0 Å². The average molecular weight is 430 g/mol. The molecule has 2 aliphatic rings. The maximum Gasteiger partial charge on any atom is 0.494 e. The molecule has 1 aromatic carbocycles. The molecule has 0 bridgehead atoms. The number of esters is 1. The second-order valence-corrected chi connectivity index (χ2v) is 10.5. The third kappa shape index (κ3) is 4.72. The Morgan fingerprint density at radius 2 is 1.42 bits per heavy atom. The van der Waals surface area contributed by atoms with Crippen LogP contribution in [0.3, 0.4) is 0 Å². The fourth-order valence-corrected chi connectivity index (χ4v) is 3.74. The van der Waals surface area contributed by atoms with Crippen molar-refractivity contribution in [1.82, 2.24) is 0 Å². The van der Waals surface area contributed by atoms with Gasteiger partial charge in [-0.15, -0.1) is 0 Å². The van der Waals surface area contributed by atoms with Crippen molar-refractivity contribution in [3.8, 4) is 0 Å². The van der Waals surface area contributed by atoms with Gasteiger partial charge in [0.1, 0.15) is 0 Å². The summed E-state index contributed by atoms with van der Waals surface area (Å²) < 4.78 is 30.3. The normalized spacial score (nSPS) is 24.3. The van der Waals surface area contributed by atoms with Crippen LogP contribution in [0.2, 0.25) is 0 Å². The van der Waals surface area contributed by atoms with E-state index < -0.39 is 36.6 Å². The number of hydrogen-bond donors (Lipinski definition) is 0. The van der Waals surface area contributed by atoms with E-state index in [0.29, 0.717) is 6.61 Å². The van der Waals surface area contributed by atoms with Gasteiger partial charge >= 0.3 is 20.2 Å². The smallest absolute Gasteiger partial charge is 0.466 e. The van der Waals surface area contributed by atoms with E-state index in [1.807, 2.05) is 79.7 Å². The third-order valence-electron chi connectivity index (χ3n) is 7.16. The first kappa shape index (κ1) is 24.3. The highest BCUT2D eigenvalue weighted by Gasteiger charge is 2.55. The largest absolute Gasteiger partial charge is 0.494 e. The van der Waals surface area contributed by atoms with Crippen molar-refractivity contribution in [3.05, 3.63) is 29.8 Å². The Kier molecular flexibility index (Phi) is 6.44. The van der Waals surface area contributed by atoms with Crippen molar-refractivity contribution in [2.45, 2.75) is 97.0 Å². The molecule has 1 aromatic rings. The maximum absolute atomic E-state index is 12.4. The van der Waals surface area contributed by atoms with Crippen LogP contribution in [-0.2, 0) is 28.1 Å². The molecule has 0 radical (unpaired) electrons. The molecule has 0 N–H and O–H groups in total. The molecule has 2 fully saturated rings. The molecule has 0 spiro atoms. The molecular weight excluding hydrogens is 394 g/mol. The Morgan fingerprint density at radius 3 is 1.94 bits per heavy atom.